The first-order valence-electron chi connectivity index (χ1n) is 7.06. The number of hydrogen-bond donors (Lipinski definition) is 2. The lowest BCUT2D eigenvalue weighted by molar-refractivity contribution is 0.174. The van der Waals surface area contributed by atoms with Crippen molar-refractivity contribution in [2.45, 2.75) is 44.8 Å². The number of anilines is 1. The molecule has 1 aromatic carbocycles. The summed E-state index contributed by atoms with van der Waals surface area (Å²) < 4.78 is 13.6. The summed E-state index contributed by atoms with van der Waals surface area (Å²) in [5.41, 5.74) is 6.72. The van der Waals surface area contributed by atoms with Gasteiger partial charge in [-0.3, -0.25) is 4.90 Å². The van der Waals surface area contributed by atoms with E-state index in [1.54, 1.807) is 12.1 Å². The molecule has 1 aliphatic rings. The maximum absolute atomic E-state index is 13.6. The number of hydrogen-bond acceptors (Lipinski definition) is 3. The van der Waals surface area contributed by atoms with E-state index < -0.39 is 0 Å². The Hall–Kier alpha value is -1.13. The van der Waals surface area contributed by atoms with Gasteiger partial charge in [-0.1, -0.05) is 13.0 Å². The van der Waals surface area contributed by atoms with E-state index in [0.29, 0.717) is 11.7 Å². The maximum atomic E-state index is 13.6. The Labute approximate surface area is 114 Å². The summed E-state index contributed by atoms with van der Waals surface area (Å²) in [5, 5.41) is 9.68. The van der Waals surface area contributed by atoms with Gasteiger partial charge in [0.2, 0.25) is 0 Å². The van der Waals surface area contributed by atoms with Crippen LogP contribution in [0, 0.1) is 5.82 Å². The second-order valence-corrected chi connectivity index (χ2v) is 5.40. The number of β-amino-alcohol motifs (C(OH)–C–C–N with tert-alkyl or cyclic N) is 1. The summed E-state index contributed by atoms with van der Waals surface area (Å²) >= 11 is 0. The lowest BCUT2D eigenvalue weighted by atomic mass is 10.1. The third-order valence-corrected chi connectivity index (χ3v) is 3.95. The van der Waals surface area contributed by atoms with Crippen molar-refractivity contribution < 1.29 is 9.50 Å². The molecule has 19 heavy (non-hydrogen) atoms. The topological polar surface area (TPSA) is 49.5 Å². The quantitative estimate of drug-likeness (QED) is 0.803. The van der Waals surface area contributed by atoms with Crippen LogP contribution < -0.4 is 5.73 Å². The molecule has 1 aliphatic heterocycles. The minimum Gasteiger partial charge on any atom is -0.399 e. The first-order chi connectivity index (χ1) is 9.10. The van der Waals surface area contributed by atoms with Crippen LogP contribution in [0.3, 0.4) is 0 Å². The highest BCUT2D eigenvalue weighted by molar-refractivity contribution is 5.40. The van der Waals surface area contributed by atoms with E-state index >= 15 is 0 Å². The summed E-state index contributed by atoms with van der Waals surface area (Å²) in [6.07, 6.45) is 3.36. The van der Waals surface area contributed by atoms with Crippen LogP contribution in [0.25, 0.3) is 0 Å². The van der Waals surface area contributed by atoms with Crippen molar-refractivity contribution in [2.24, 2.45) is 0 Å². The van der Waals surface area contributed by atoms with Crippen LogP contribution in [0.15, 0.2) is 18.2 Å². The third kappa shape index (κ3) is 3.67. The molecule has 2 rings (SSSR count). The molecular formula is C15H23FN2O. The van der Waals surface area contributed by atoms with Gasteiger partial charge in [0.05, 0.1) is 6.10 Å². The number of rotatable bonds is 5. The largest absolute Gasteiger partial charge is 0.399 e. The highest BCUT2D eigenvalue weighted by atomic mass is 19.1. The molecular weight excluding hydrogens is 243 g/mol. The molecule has 4 heteroatoms. The molecule has 0 radical (unpaired) electrons. The molecule has 1 saturated heterocycles. The van der Waals surface area contributed by atoms with Gasteiger partial charge in [-0.05, 0) is 49.9 Å². The fourth-order valence-corrected chi connectivity index (χ4v) is 2.90. The van der Waals surface area contributed by atoms with Crippen molar-refractivity contribution in [1.29, 1.82) is 0 Å². The number of nitrogen functional groups attached to an aromatic ring is 1. The number of benzene rings is 1. The number of nitrogens with zero attached hydrogens (tertiary/aromatic N) is 1. The van der Waals surface area contributed by atoms with Crippen molar-refractivity contribution >= 4 is 5.69 Å². The van der Waals surface area contributed by atoms with E-state index in [9.17, 15) is 9.50 Å². The highest BCUT2D eigenvalue weighted by Gasteiger charge is 2.28. The van der Waals surface area contributed by atoms with E-state index in [-0.39, 0.29) is 11.9 Å². The zero-order valence-electron chi connectivity index (χ0n) is 11.5. The lowest BCUT2D eigenvalue weighted by Gasteiger charge is -2.22. The Morgan fingerprint density at radius 2 is 2.26 bits per heavy atom. The number of likely N-dealkylation sites (tertiary alicyclic amines) is 1. The number of aryl methyl sites for hydroxylation is 1. The van der Waals surface area contributed by atoms with Gasteiger partial charge < -0.3 is 10.8 Å². The monoisotopic (exact) mass is 266 g/mol. The minimum atomic E-state index is -0.214. The lowest BCUT2D eigenvalue weighted by Crippen LogP contribution is -2.30. The predicted molar refractivity (Wildman–Crippen MR) is 75.4 cm³/mol. The molecule has 0 saturated carbocycles. The number of aliphatic hydroxyl groups is 1. The molecule has 0 spiro atoms. The summed E-state index contributed by atoms with van der Waals surface area (Å²) in [6.45, 7) is 3.82. The van der Waals surface area contributed by atoms with Crippen LogP contribution in [-0.4, -0.2) is 35.2 Å². The van der Waals surface area contributed by atoms with Gasteiger partial charge in [-0.2, -0.15) is 0 Å². The Kier molecular flexibility index (Phi) is 4.77. The summed E-state index contributed by atoms with van der Waals surface area (Å²) in [6, 6.07) is 5.36. The second kappa shape index (κ2) is 6.35. The zero-order chi connectivity index (χ0) is 13.8. The first-order valence-corrected chi connectivity index (χ1v) is 7.06. The number of nitrogens with two attached hydrogens (primary N) is 1. The summed E-state index contributed by atoms with van der Waals surface area (Å²) in [5.74, 6) is -0.214. The maximum Gasteiger partial charge on any atom is 0.128 e. The molecule has 0 aliphatic carbocycles. The normalized spacial score (nSPS) is 23.9. The Balaban J connectivity index is 1.83. The molecule has 0 amide bonds. The third-order valence-electron chi connectivity index (χ3n) is 3.95. The minimum absolute atomic E-state index is 0.196. The van der Waals surface area contributed by atoms with Gasteiger partial charge in [-0.15, -0.1) is 0 Å². The van der Waals surface area contributed by atoms with Crippen molar-refractivity contribution in [3.05, 3.63) is 29.6 Å². The van der Waals surface area contributed by atoms with E-state index in [0.717, 1.165) is 44.3 Å². The van der Waals surface area contributed by atoms with Crippen LogP contribution in [0.5, 0.6) is 0 Å². The molecule has 2 atom stereocenters. The Bertz CT molecular complexity index is 425. The Morgan fingerprint density at radius 3 is 2.95 bits per heavy atom. The van der Waals surface area contributed by atoms with Gasteiger partial charge in [-0.25, -0.2) is 4.39 Å². The molecule has 106 valence electrons. The molecule has 0 aromatic heterocycles. The standard InChI is InChI=1S/C15H23FN2O/c1-2-13-9-14(19)10-18(13)7-3-4-11-5-6-12(17)8-15(11)16/h5-6,8,13-14,19H,2-4,7,9-10,17H2,1H3. The number of halogens is 1. The molecule has 3 nitrogen and oxygen atoms in total. The van der Waals surface area contributed by atoms with Crippen LogP contribution >= 0.6 is 0 Å². The van der Waals surface area contributed by atoms with E-state index in [1.165, 1.54) is 6.07 Å². The van der Waals surface area contributed by atoms with Gasteiger partial charge in [0.1, 0.15) is 5.82 Å². The fraction of sp³-hybridized carbons (Fsp3) is 0.600. The molecule has 1 heterocycles. The van der Waals surface area contributed by atoms with Crippen LogP contribution in [0.4, 0.5) is 10.1 Å². The molecule has 1 aromatic rings. The SMILES string of the molecule is CCC1CC(O)CN1CCCc1ccc(N)cc1F. The van der Waals surface area contributed by atoms with Crippen molar-refractivity contribution in [3.63, 3.8) is 0 Å². The van der Waals surface area contributed by atoms with Gasteiger partial charge in [0, 0.05) is 18.3 Å². The second-order valence-electron chi connectivity index (χ2n) is 5.40. The van der Waals surface area contributed by atoms with E-state index in [4.69, 9.17) is 5.73 Å². The Morgan fingerprint density at radius 1 is 1.47 bits per heavy atom. The van der Waals surface area contributed by atoms with Crippen molar-refractivity contribution in [3.8, 4) is 0 Å². The molecule has 3 N–H and O–H groups in total. The average molecular weight is 266 g/mol. The van der Waals surface area contributed by atoms with Crippen LogP contribution in [-0.2, 0) is 6.42 Å². The van der Waals surface area contributed by atoms with E-state index in [1.807, 2.05) is 0 Å². The van der Waals surface area contributed by atoms with Gasteiger partial charge >= 0.3 is 0 Å². The predicted octanol–water partition coefficient (Wildman–Crippen LogP) is 2.19. The van der Waals surface area contributed by atoms with Crippen LogP contribution in [0.1, 0.15) is 31.7 Å². The van der Waals surface area contributed by atoms with Crippen molar-refractivity contribution in [2.75, 3.05) is 18.8 Å². The molecule has 0 bridgehead atoms. The van der Waals surface area contributed by atoms with Gasteiger partial charge in [0.25, 0.3) is 0 Å². The van der Waals surface area contributed by atoms with E-state index in [2.05, 4.69) is 11.8 Å². The number of aliphatic hydroxyl groups excluding tert-OH is 1. The average Bonchev–Trinajstić information content (AvgIpc) is 2.72. The first kappa shape index (κ1) is 14.3. The molecule has 1 fully saturated rings. The molecule has 2 unspecified atom stereocenters. The van der Waals surface area contributed by atoms with Crippen LogP contribution in [0.2, 0.25) is 0 Å². The highest BCUT2D eigenvalue weighted by Crippen LogP contribution is 2.21. The summed E-state index contributed by atoms with van der Waals surface area (Å²) in [7, 11) is 0. The summed E-state index contributed by atoms with van der Waals surface area (Å²) in [4.78, 5) is 2.32. The zero-order valence-corrected chi connectivity index (χ0v) is 11.5. The van der Waals surface area contributed by atoms with Crippen molar-refractivity contribution in [1.82, 2.24) is 4.90 Å². The fourth-order valence-electron chi connectivity index (χ4n) is 2.90. The smallest absolute Gasteiger partial charge is 0.128 e. The van der Waals surface area contributed by atoms with Gasteiger partial charge in [0.15, 0.2) is 0 Å².